The van der Waals surface area contributed by atoms with Crippen LogP contribution in [0.4, 0.5) is 11.6 Å². The zero-order valence-electron chi connectivity index (χ0n) is 22.3. The third-order valence-corrected chi connectivity index (χ3v) is 7.84. The van der Waals surface area contributed by atoms with Crippen LogP contribution in [0.3, 0.4) is 0 Å². The van der Waals surface area contributed by atoms with E-state index in [1.165, 1.54) is 0 Å². The number of fused-ring (bicyclic) bond motifs is 2. The van der Waals surface area contributed by atoms with Crippen LogP contribution in [0.1, 0.15) is 64.6 Å². The number of ether oxygens (including phenoxy) is 1. The second-order valence-corrected chi connectivity index (χ2v) is 10.5. The highest BCUT2D eigenvalue weighted by atomic mass is 16.5. The highest BCUT2D eigenvalue weighted by Crippen LogP contribution is 2.34. The van der Waals surface area contributed by atoms with Gasteiger partial charge in [0, 0.05) is 49.7 Å². The molecule has 0 radical (unpaired) electrons. The number of hydrogen-bond donors (Lipinski definition) is 2. The summed E-state index contributed by atoms with van der Waals surface area (Å²) in [5.74, 6) is -0.346. The Bertz CT molecular complexity index is 1640. The van der Waals surface area contributed by atoms with Crippen LogP contribution in [-0.2, 0) is 24.9 Å². The molecular weight excluding hydrogens is 496 g/mol. The van der Waals surface area contributed by atoms with Crippen molar-refractivity contribution in [2.24, 2.45) is 7.05 Å². The minimum atomic E-state index is -0.998. The molecule has 2 N–H and O–H groups in total. The fourth-order valence-electron chi connectivity index (χ4n) is 5.83. The second kappa shape index (κ2) is 9.85. The van der Waals surface area contributed by atoms with Crippen molar-refractivity contribution in [1.29, 1.82) is 0 Å². The van der Waals surface area contributed by atoms with Crippen LogP contribution in [0.2, 0.25) is 0 Å². The number of carbonyl (C=O) groups is 1. The summed E-state index contributed by atoms with van der Waals surface area (Å²) < 4.78 is 9.37. The number of aromatic nitrogens is 4. The normalized spacial score (nSPS) is 16.4. The number of anilines is 2. The maximum absolute atomic E-state index is 14.3. The SMILES string of the molecule is Cc1cc(C(C)Nc2ccccc2C(=O)O)c2nc(N3Cc4cnn(C)c4C3)n(C3CCOCC3)c(=O)c2c1. The van der Waals surface area contributed by atoms with Crippen molar-refractivity contribution in [1.82, 2.24) is 19.3 Å². The number of nitrogens with zero attached hydrogens (tertiary/aromatic N) is 5. The van der Waals surface area contributed by atoms with E-state index in [2.05, 4.69) is 15.3 Å². The minimum Gasteiger partial charge on any atom is -0.478 e. The van der Waals surface area contributed by atoms with Crippen molar-refractivity contribution in [3.63, 3.8) is 0 Å². The predicted octanol–water partition coefficient (Wildman–Crippen LogP) is 4.18. The minimum absolute atomic E-state index is 0.00180. The number of hydrogen-bond acceptors (Lipinski definition) is 7. The van der Waals surface area contributed by atoms with Gasteiger partial charge in [0.2, 0.25) is 5.95 Å². The molecule has 2 aromatic carbocycles. The Balaban J connectivity index is 1.50. The maximum atomic E-state index is 14.3. The molecule has 1 fully saturated rings. The molecule has 10 heteroatoms. The van der Waals surface area contributed by atoms with E-state index >= 15 is 0 Å². The Hall–Kier alpha value is -4.18. The van der Waals surface area contributed by atoms with Crippen LogP contribution < -0.4 is 15.8 Å². The quantitative estimate of drug-likeness (QED) is 0.383. The fourth-order valence-corrected chi connectivity index (χ4v) is 5.83. The first-order valence-corrected chi connectivity index (χ1v) is 13.3. The van der Waals surface area contributed by atoms with Crippen molar-refractivity contribution in [3.8, 4) is 0 Å². The molecule has 1 atom stereocenters. The van der Waals surface area contributed by atoms with Gasteiger partial charge in [-0.15, -0.1) is 0 Å². The molecular formula is C29H32N6O4. The lowest BCUT2D eigenvalue weighted by molar-refractivity contribution is 0.0687. The van der Waals surface area contributed by atoms with Crippen LogP contribution in [0.5, 0.6) is 0 Å². The number of para-hydroxylation sites is 1. The molecule has 0 bridgehead atoms. The summed E-state index contributed by atoms with van der Waals surface area (Å²) in [6.07, 6.45) is 3.39. The van der Waals surface area contributed by atoms with Gasteiger partial charge in [-0.25, -0.2) is 9.78 Å². The van der Waals surface area contributed by atoms with E-state index in [-0.39, 0.29) is 23.2 Å². The van der Waals surface area contributed by atoms with E-state index in [9.17, 15) is 14.7 Å². The van der Waals surface area contributed by atoms with E-state index < -0.39 is 5.97 Å². The smallest absolute Gasteiger partial charge is 0.337 e. The zero-order chi connectivity index (χ0) is 27.3. The Labute approximate surface area is 225 Å². The van der Waals surface area contributed by atoms with Gasteiger partial charge in [-0.3, -0.25) is 14.0 Å². The molecule has 1 unspecified atom stereocenters. The van der Waals surface area contributed by atoms with Crippen molar-refractivity contribution < 1.29 is 14.6 Å². The average molecular weight is 529 g/mol. The van der Waals surface area contributed by atoms with Gasteiger partial charge >= 0.3 is 5.97 Å². The summed E-state index contributed by atoms with van der Waals surface area (Å²) in [6.45, 7) is 6.41. The van der Waals surface area contributed by atoms with Crippen LogP contribution in [0.25, 0.3) is 10.9 Å². The summed E-state index contributed by atoms with van der Waals surface area (Å²) in [7, 11) is 1.94. The maximum Gasteiger partial charge on any atom is 0.337 e. The average Bonchev–Trinajstić information content (AvgIpc) is 3.51. The van der Waals surface area contributed by atoms with Gasteiger partial charge in [0.15, 0.2) is 0 Å². The first kappa shape index (κ1) is 25.1. The van der Waals surface area contributed by atoms with Crippen LogP contribution >= 0.6 is 0 Å². The number of carboxylic acids is 1. The van der Waals surface area contributed by atoms with Crippen molar-refractivity contribution in [3.05, 3.63) is 80.9 Å². The van der Waals surface area contributed by atoms with Crippen LogP contribution in [-0.4, -0.2) is 43.6 Å². The lowest BCUT2D eigenvalue weighted by atomic mass is 10.00. The van der Waals surface area contributed by atoms with Gasteiger partial charge in [-0.1, -0.05) is 18.2 Å². The number of rotatable bonds is 6. The van der Waals surface area contributed by atoms with Gasteiger partial charge in [0.05, 0.1) is 40.9 Å². The Morgan fingerprint density at radius 3 is 2.69 bits per heavy atom. The third kappa shape index (κ3) is 4.44. The molecule has 6 rings (SSSR count). The van der Waals surface area contributed by atoms with Crippen molar-refractivity contribution in [2.75, 3.05) is 23.4 Å². The highest BCUT2D eigenvalue weighted by molar-refractivity contribution is 5.94. The number of aromatic carboxylic acids is 1. The Morgan fingerprint density at radius 2 is 1.95 bits per heavy atom. The molecule has 202 valence electrons. The number of carboxylic acid groups (broad SMARTS) is 1. The molecule has 2 aromatic heterocycles. The van der Waals surface area contributed by atoms with Gasteiger partial charge in [-0.2, -0.15) is 5.10 Å². The molecule has 0 aliphatic carbocycles. The van der Waals surface area contributed by atoms with Gasteiger partial charge in [-0.05, 0) is 50.5 Å². The molecule has 0 saturated carbocycles. The van der Waals surface area contributed by atoms with Crippen molar-refractivity contribution in [2.45, 2.75) is 51.9 Å². The largest absolute Gasteiger partial charge is 0.478 e. The van der Waals surface area contributed by atoms with Gasteiger partial charge in [0.25, 0.3) is 5.56 Å². The van der Waals surface area contributed by atoms with Crippen molar-refractivity contribution >= 4 is 28.5 Å². The summed E-state index contributed by atoms with van der Waals surface area (Å²) in [5.41, 5.74) is 5.33. The highest BCUT2D eigenvalue weighted by Gasteiger charge is 2.31. The number of aryl methyl sites for hydroxylation is 2. The lowest BCUT2D eigenvalue weighted by Crippen LogP contribution is -2.35. The monoisotopic (exact) mass is 528 g/mol. The van der Waals surface area contributed by atoms with Gasteiger partial charge in [0.1, 0.15) is 0 Å². The molecule has 4 aromatic rings. The second-order valence-electron chi connectivity index (χ2n) is 10.5. The molecule has 0 amide bonds. The summed E-state index contributed by atoms with van der Waals surface area (Å²) in [6, 6.07) is 10.5. The first-order valence-electron chi connectivity index (χ1n) is 13.3. The molecule has 0 spiro atoms. The molecule has 4 heterocycles. The van der Waals surface area contributed by atoms with E-state index in [1.807, 2.05) is 48.5 Å². The number of benzene rings is 2. The lowest BCUT2D eigenvalue weighted by Gasteiger charge is -2.30. The summed E-state index contributed by atoms with van der Waals surface area (Å²) >= 11 is 0. The van der Waals surface area contributed by atoms with E-state index in [0.29, 0.717) is 48.8 Å². The van der Waals surface area contributed by atoms with E-state index in [0.717, 1.165) is 35.2 Å². The standard InChI is InChI=1S/C29H32N6O4/c1-17-12-22(18(2)31-24-7-5-4-6-21(24)28(37)38)26-23(13-17)27(36)35(20-8-10-39-11-9-20)29(32-26)34-15-19-14-30-33(3)25(19)16-34/h4-7,12-14,18,20,31H,8-11,15-16H2,1-3H3,(H,37,38). The third-order valence-electron chi connectivity index (χ3n) is 7.84. The molecule has 2 aliphatic rings. The Morgan fingerprint density at radius 1 is 1.18 bits per heavy atom. The molecule has 39 heavy (non-hydrogen) atoms. The van der Waals surface area contributed by atoms with Gasteiger partial charge < -0.3 is 20.1 Å². The molecule has 10 nitrogen and oxygen atoms in total. The van der Waals surface area contributed by atoms with Crippen LogP contribution in [0, 0.1) is 6.92 Å². The topological polar surface area (TPSA) is 115 Å². The van der Waals surface area contributed by atoms with Crippen LogP contribution in [0.15, 0.2) is 47.4 Å². The molecule has 2 aliphatic heterocycles. The summed E-state index contributed by atoms with van der Waals surface area (Å²) in [4.78, 5) is 33.4. The molecule has 1 saturated heterocycles. The zero-order valence-corrected chi connectivity index (χ0v) is 22.3. The fraction of sp³-hybridized carbons (Fsp3) is 0.379. The predicted molar refractivity (Wildman–Crippen MR) is 148 cm³/mol. The van der Waals surface area contributed by atoms with E-state index in [4.69, 9.17) is 9.72 Å². The first-order chi connectivity index (χ1) is 18.8. The Kier molecular flexibility index (Phi) is 6.34. The number of nitrogens with one attached hydrogen (secondary N) is 1. The summed E-state index contributed by atoms with van der Waals surface area (Å²) in [5, 5.41) is 18.0. The van der Waals surface area contributed by atoms with E-state index in [1.54, 1.807) is 24.3 Å².